The number of hydrogen-bond donors (Lipinski definition) is 1. The zero-order valence-corrected chi connectivity index (χ0v) is 12.1. The van der Waals surface area contributed by atoms with Crippen LogP contribution in [0.3, 0.4) is 0 Å². The van der Waals surface area contributed by atoms with Crippen LogP contribution in [0.4, 0.5) is 0 Å². The largest absolute Gasteiger partial charge is 0.496 e. The molecule has 0 amide bonds. The molecule has 0 saturated heterocycles. The SMILES string of the molecule is COc1c(C)cnc(CNCCS(C)(=O)=O)c1C. The maximum atomic E-state index is 11.0. The Balaban J connectivity index is 2.63. The highest BCUT2D eigenvalue weighted by atomic mass is 32.2. The molecule has 0 bridgehead atoms. The maximum absolute atomic E-state index is 11.0. The Kier molecular flexibility index (Phi) is 5.10. The fraction of sp³-hybridized carbons (Fsp3) is 0.583. The van der Waals surface area contributed by atoms with Crippen LogP contribution in [0.2, 0.25) is 0 Å². The normalized spacial score (nSPS) is 11.6. The van der Waals surface area contributed by atoms with Gasteiger partial charge in [-0.2, -0.15) is 0 Å². The van der Waals surface area contributed by atoms with Gasteiger partial charge in [-0.15, -0.1) is 0 Å². The van der Waals surface area contributed by atoms with Gasteiger partial charge in [0.05, 0.1) is 18.6 Å². The van der Waals surface area contributed by atoms with Crippen LogP contribution in [0, 0.1) is 13.8 Å². The Labute approximate surface area is 108 Å². The maximum Gasteiger partial charge on any atom is 0.148 e. The second kappa shape index (κ2) is 6.15. The van der Waals surface area contributed by atoms with E-state index in [4.69, 9.17) is 4.74 Å². The molecule has 1 N–H and O–H groups in total. The van der Waals surface area contributed by atoms with Crippen molar-refractivity contribution >= 4 is 9.84 Å². The monoisotopic (exact) mass is 272 g/mol. The van der Waals surface area contributed by atoms with Crippen LogP contribution in [0.25, 0.3) is 0 Å². The lowest BCUT2D eigenvalue weighted by Crippen LogP contribution is -2.23. The molecule has 0 aliphatic heterocycles. The average molecular weight is 272 g/mol. The van der Waals surface area contributed by atoms with Gasteiger partial charge in [-0.3, -0.25) is 4.98 Å². The summed E-state index contributed by atoms with van der Waals surface area (Å²) in [6, 6.07) is 0. The van der Waals surface area contributed by atoms with E-state index in [1.807, 2.05) is 13.8 Å². The van der Waals surface area contributed by atoms with E-state index in [1.165, 1.54) is 6.26 Å². The lowest BCUT2D eigenvalue weighted by Gasteiger charge is -2.12. The van der Waals surface area contributed by atoms with Gasteiger partial charge in [-0.25, -0.2) is 8.42 Å². The van der Waals surface area contributed by atoms with E-state index in [2.05, 4.69) is 10.3 Å². The van der Waals surface area contributed by atoms with Crippen molar-refractivity contribution in [3.05, 3.63) is 23.0 Å². The molecule has 0 fully saturated rings. The Morgan fingerprint density at radius 1 is 1.39 bits per heavy atom. The lowest BCUT2D eigenvalue weighted by atomic mass is 10.1. The fourth-order valence-corrected chi connectivity index (χ4v) is 2.23. The number of rotatable bonds is 6. The first-order valence-electron chi connectivity index (χ1n) is 5.72. The molecule has 6 heteroatoms. The lowest BCUT2D eigenvalue weighted by molar-refractivity contribution is 0.406. The van der Waals surface area contributed by atoms with Crippen molar-refractivity contribution < 1.29 is 13.2 Å². The molecule has 0 atom stereocenters. The summed E-state index contributed by atoms with van der Waals surface area (Å²) < 4.78 is 27.3. The van der Waals surface area contributed by atoms with Gasteiger partial charge in [-0.1, -0.05) is 0 Å². The number of aromatic nitrogens is 1. The standard InChI is InChI=1S/C12H20N2O3S/c1-9-7-14-11(10(2)12(9)17-3)8-13-5-6-18(4,15)16/h7,13H,5-6,8H2,1-4H3. The molecule has 5 nitrogen and oxygen atoms in total. The minimum Gasteiger partial charge on any atom is -0.496 e. The minimum atomic E-state index is -2.92. The summed E-state index contributed by atoms with van der Waals surface area (Å²) >= 11 is 0. The topological polar surface area (TPSA) is 68.3 Å². The number of pyridine rings is 1. The Morgan fingerprint density at radius 2 is 2.06 bits per heavy atom. The molecule has 0 spiro atoms. The van der Waals surface area contributed by atoms with E-state index in [-0.39, 0.29) is 5.75 Å². The summed E-state index contributed by atoms with van der Waals surface area (Å²) in [4.78, 5) is 4.33. The summed E-state index contributed by atoms with van der Waals surface area (Å²) in [5.74, 6) is 0.972. The van der Waals surface area contributed by atoms with Crippen molar-refractivity contribution in [3.8, 4) is 5.75 Å². The van der Waals surface area contributed by atoms with E-state index >= 15 is 0 Å². The summed E-state index contributed by atoms with van der Waals surface area (Å²) in [5, 5.41) is 3.07. The third-order valence-corrected chi connectivity index (χ3v) is 3.64. The number of ether oxygens (including phenoxy) is 1. The smallest absolute Gasteiger partial charge is 0.148 e. The summed E-state index contributed by atoms with van der Waals surface area (Å²) in [7, 11) is -1.28. The number of nitrogens with zero attached hydrogens (tertiary/aromatic N) is 1. The van der Waals surface area contributed by atoms with Crippen LogP contribution < -0.4 is 10.1 Å². The van der Waals surface area contributed by atoms with Crippen LogP contribution >= 0.6 is 0 Å². The Hall–Kier alpha value is -1.14. The molecule has 0 unspecified atom stereocenters. The molecule has 0 radical (unpaired) electrons. The highest BCUT2D eigenvalue weighted by molar-refractivity contribution is 7.90. The van der Waals surface area contributed by atoms with E-state index in [9.17, 15) is 8.42 Å². The third kappa shape index (κ3) is 4.27. The second-order valence-corrected chi connectivity index (χ2v) is 6.61. The molecule has 1 aromatic heterocycles. The van der Waals surface area contributed by atoms with Crippen LogP contribution in [0.1, 0.15) is 16.8 Å². The number of nitrogens with one attached hydrogen (secondary N) is 1. The molecule has 102 valence electrons. The van der Waals surface area contributed by atoms with Gasteiger partial charge in [0.2, 0.25) is 0 Å². The molecule has 1 aromatic rings. The Morgan fingerprint density at radius 3 is 2.61 bits per heavy atom. The fourth-order valence-electron chi connectivity index (χ4n) is 1.71. The molecule has 1 heterocycles. The number of sulfone groups is 1. The van der Waals surface area contributed by atoms with Crippen molar-refractivity contribution in [2.24, 2.45) is 0 Å². The minimum absolute atomic E-state index is 0.134. The average Bonchev–Trinajstić information content (AvgIpc) is 2.26. The van der Waals surface area contributed by atoms with E-state index in [1.54, 1.807) is 13.3 Å². The van der Waals surface area contributed by atoms with Gasteiger partial charge >= 0.3 is 0 Å². The van der Waals surface area contributed by atoms with E-state index in [0.29, 0.717) is 13.1 Å². The molecule has 18 heavy (non-hydrogen) atoms. The first kappa shape index (κ1) is 14.9. The summed E-state index contributed by atoms with van der Waals surface area (Å²) in [6.45, 7) is 4.86. The third-order valence-electron chi connectivity index (χ3n) is 2.69. The molecule has 1 rings (SSSR count). The van der Waals surface area contributed by atoms with Crippen molar-refractivity contribution in [2.45, 2.75) is 20.4 Å². The predicted octanol–water partition coefficient (Wildman–Crippen LogP) is 0.841. The zero-order chi connectivity index (χ0) is 13.8. The van der Waals surface area contributed by atoms with Crippen LogP contribution in [-0.2, 0) is 16.4 Å². The van der Waals surface area contributed by atoms with Gasteiger partial charge in [0.25, 0.3) is 0 Å². The summed E-state index contributed by atoms with van der Waals surface area (Å²) in [6.07, 6.45) is 2.99. The number of aryl methyl sites for hydroxylation is 1. The molecular formula is C12H20N2O3S. The quantitative estimate of drug-likeness (QED) is 0.777. The van der Waals surface area contributed by atoms with Crippen molar-refractivity contribution in [1.29, 1.82) is 0 Å². The predicted molar refractivity (Wildman–Crippen MR) is 71.7 cm³/mol. The van der Waals surface area contributed by atoms with Gasteiger partial charge in [0, 0.05) is 36.7 Å². The first-order chi connectivity index (χ1) is 8.35. The number of hydrogen-bond acceptors (Lipinski definition) is 5. The Bertz CT molecular complexity index is 512. The van der Waals surface area contributed by atoms with Gasteiger partial charge in [-0.05, 0) is 13.8 Å². The molecule has 0 aliphatic carbocycles. The van der Waals surface area contributed by atoms with E-state index < -0.39 is 9.84 Å². The van der Waals surface area contributed by atoms with Crippen molar-refractivity contribution in [1.82, 2.24) is 10.3 Å². The molecular weight excluding hydrogens is 252 g/mol. The first-order valence-corrected chi connectivity index (χ1v) is 7.78. The number of methoxy groups -OCH3 is 1. The van der Waals surface area contributed by atoms with Gasteiger partial charge in [0.15, 0.2) is 0 Å². The van der Waals surface area contributed by atoms with Crippen LogP contribution in [0.15, 0.2) is 6.20 Å². The molecule has 0 aliphatic rings. The zero-order valence-electron chi connectivity index (χ0n) is 11.3. The highest BCUT2D eigenvalue weighted by Crippen LogP contribution is 2.23. The van der Waals surface area contributed by atoms with Crippen LogP contribution in [-0.4, -0.2) is 39.1 Å². The van der Waals surface area contributed by atoms with Gasteiger partial charge in [0.1, 0.15) is 15.6 Å². The van der Waals surface area contributed by atoms with Crippen molar-refractivity contribution in [2.75, 3.05) is 25.7 Å². The molecule has 0 aromatic carbocycles. The van der Waals surface area contributed by atoms with Crippen molar-refractivity contribution in [3.63, 3.8) is 0 Å². The summed E-state index contributed by atoms with van der Waals surface area (Å²) in [5.41, 5.74) is 2.87. The highest BCUT2D eigenvalue weighted by Gasteiger charge is 2.09. The van der Waals surface area contributed by atoms with Gasteiger partial charge < -0.3 is 10.1 Å². The molecule has 0 saturated carbocycles. The van der Waals surface area contributed by atoms with E-state index in [0.717, 1.165) is 22.6 Å². The van der Waals surface area contributed by atoms with Crippen LogP contribution in [0.5, 0.6) is 5.75 Å². The second-order valence-electron chi connectivity index (χ2n) is 4.35.